The van der Waals surface area contributed by atoms with Crippen LogP contribution in [0.2, 0.25) is 10.0 Å². The molecule has 0 spiro atoms. The SMILES string of the molecule is C[C@H]1C(=O)C[C@@H](CO)C(=O)N(C)[C@@]2(Cc3ccc(Cl)cc3)CCCN(C2)C(=O)[C@H](Cc2ccccc2)CC(=O)N1Cc1c(F)cc(Cl)cc1Oc1ccc(-c2cnc(CN(C)C)n2C)cc1. The average Bonchev–Trinajstić information content (AvgIpc) is 3.65. The average molecular weight is 940 g/mol. The summed E-state index contributed by atoms with van der Waals surface area (Å²) >= 11 is 12.7. The predicted molar refractivity (Wildman–Crippen MR) is 252 cm³/mol. The van der Waals surface area contributed by atoms with E-state index in [0.29, 0.717) is 43.1 Å². The van der Waals surface area contributed by atoms with Crippen LogP contribution in [0.4, 0.5) is 4.39 Å². The second-order valence-electron chi connectivity index (χ2n) is 18.0. The topological polar surface area (TPSA) is 129 Å². The van der Waals surface area contributed by atoms with Gasteiger partial charge in [-0.1, -0.05) is 65.7 Å². The third kappa shape index (κ3) is 11.0. The molecule has 2 aliphatic rings. The van der Waals surface area contributed by atoms with Gasteiger partial charge in [-0.2, -0.15) is 0 Å². The van der Waals surface area contributed by atoms with Crippen molar-refractivity contribution in [3.63, 3.8) is 0 Å². The number of ketones is 1. The Bertz CT molecular complexity index is 2540. The standard InChI is InChI=1S/C51H57Cl2FN6O6/c1-33-45(62)23-38(31-61)49(64)58(5)51(27-35-12-16-39(52)17-13-35)20-9-21-59(32-51)50(65)37(22-34-10-7-6-8-11-34)24-48(63)60(33)29-42-43(54)25-40(53)26-46(42)66-41-18-14-36(15-19-41)44-28-55-47(57(44)4)30-56(2)3/h6-8,10-19,25-26,28,33,37-38,61H,9,20-24,27,29-32H2,1-5H3/t33-,37+,38-,51+/m0/s1. The first-order chi connectivity index (χ1) is 31.5. The van der Waals surface area contributed by atoms with Crippen molar-refractivity contribution in [2.24, 2.45) is 18.9 Å². The van der Waals surface area contributed by atoms with Gasteiger partial charge in [-0.3, -0.25) is 19.2 Å². The predicted octanol–water partition coefficient (Wildman–Crippen LogP) is 8.00. The van der Waals surface area contributed by atoms with E-state index in [1.165, 1.54) is 17.9 Å². The third-order valence-corrected chi connectivity index (χ3v) is 13.6. The van der Waals surface area contributed by atoms with Crippen molar-refractivity contribution >= 4 is 46.7 Å². The summed E-state index contributed by atoms with van der Waals surface area (Å²) in [6.07, 6.45) is 2.86. The number of rotatable bonds is 12. The van der Waals surface area contributed by atoms with Gasteiger partial charge < -0.3 is 34.0 Å². The van der Waals surface area contributed by atoms with Crippen molar-refractivity contribution in [3.05, 3.63) is 136 Å². The lowest BCUT2D eigenvalue weighted by molar-refractivity contribution is -0.153. The zero-order valence-corrected chi connectivity index (χ0v) is 39.6. The largest absolute Gasteiger partial charge is 0.457 e. The number of hydrogen-bond donors (Lipinski definition) is 1. The summed E-state index contributed by atoms with van der Waals surface area (Å²) in [4.78, 5) is 70.1. The van der Waals surface area contributed by atoms with Crippen LogP contribution < -0.4 is 4.74 Å². The first-order valence-electron chi connectivity index (χ1n) is 22.2. The molecule has 3 amide bonds. The number of hydrogen-bond acceptors (Lipinski definition) is 8. The van der Waals surface area contributed by atoms with E-state index in [4.69, 9.17) is 27.9 Å². The Balaban J connectivity index is 1.24. The van der Waals surface area contributed by atoms with E-state index < -0.39 is 60.0 Å². The number of likely N-dealkylation sites (N-methyl/N-ethyl adjacent to an activating group) is 1. The Morgan fingerprint density at radius 3 is 2.27 bits per heavy atom. The quantitative estimate of drug-likeness (QED) is 0.133. The van der Waals surface area contributed by atoms with Crippen LogP contribution >= 0.6 is 23.2 Å². The van der Waals surface area contributed by atoms with Crippen LogP contribution in [-0.2, 0) is 52.2 Å². The maximum atomic E-state index is 16.3. The molecular weight excluding hydrogens is 883 g/mol. The fourth-order valence-electron chi connectivity index (χ4n) is 9.28. The molecule has 2 aliphatic heterocycles. The number of aromatic nitrogens is 2. The number of benzene rings is 4. The van der Waals surface area contributed by atoms with Gasteiger partial charge in [0.25, 0.3) is 0 Å². The van der Waals surface area contributed by atoms with Crippen LogP contribution in [0.3, 0.4) is 0 Å². The van der Waals surface area contributed by atoms with E-state index in [1.54, 1.807) is 47.3 Å². The monoisotopic (exact) mass is 938 g/mol. The molecule has 15 heteroatoms. The number of fused-ring (bicyclic) bond motifs is 2. The minimum absolute atomic E-state index is 0.0284. The van der Waals surface area contributed by atoms with E-state index in [1.807, 2.05) is 85.2 Å². The van der Waals surface area contributed by atoms with E-state index in [0.717, 1.165) is 34.3 Å². The Kier molecular flexibility index (Phi) is 15.3. The minimum atomic E-state index is -1.21. The molecule has 2 bridgehead atoms. The Morgan fingerprint density at radius 1 is 0.879 bits per heavy atom. The van der Waals surface area contributed by atoms with Crippen LogP contribution in [0.1, 0.15) is 55.1 Å². The molecule has 1 aromatic heterocycles. The highest BCUT2D eigenvalue weighted by Gasteiger charge is 2.46. The summed E-state index contributed by atoms with van der Waals surface area (Å²) in [7, 11) is 7.57. The summed E-state index contributed by atoms with van der Waals surface area (Å²) in [6, 6.07) is 25.3. The van der Waals surface area contributed by atoms with E-state index in [2.05, 4.69) is 4.98 Å². The Hall–Kier alpha value is -5.60. The number of piperidine rings is 1. The Labute approximate surface area is 395 Å². The fraction of sp³-hybridized carbons (Fsp3) is 0.392. The number of aliphatic hydroxyl groups is 1. The maximum Gasteiger partial charge on any atom is 0.228 e. The molecule has 4 atom stereocenters. The highest BCUT2D eigenvalue weighted by molar-refractivity contribution is 6.31. The lowest BCUT2D eigenvalue weighted by Crippen LogP contribution is -2.63. The molecule has 4 aromatic carbocycles. The molecule has 12 nitrogen and oxygen atoms in total. The number of ether oxygens (including phenoxy) is 1. The number of carbonyl (C=O) groups is 4. The molecule has 0 saturated carbocycles. The van der Waals surface area contributed by atoms with Gasteiger partial charge >= 0.3 is 0 Å². The van der Waals surface area contributed by atoms with Gasteiger partial charge in [0.15, 0.2) is 5.78 Å². The molecular formula is C51H57Cl2FN6O6. The zero-order chi connectivity index (χ0) is 47.3. The van der Waals surface area contributed by atoms with E-state index in [-0.39, 0.29) is 48.0 Å². The zero-order valence-electron chi connectivity index (χ0n) is 38.1. The summed E-state index contributed by atoms with van der Waals surface area (Å²) in [5, 5.41) is 11.3. The van der Waals surface area contributed by atoms with Crippen molar-refractivity contribution in [3.8, 4) is 22.8 Å². The van der Waals surface area contributed by atoms with Gasteiger partial charge in [0, 0.05) is 61.2 Å². The highest BCUT2D eigenvalue weighted by atomic mass is 35.5. The number of aliphatic hydroxyl groups excluding tert-OH is 1. The molecule has 2 saturated heterocycles. The maximum absolute atomic E-state index is 16.3. The molecule has 0 radical (unpaired) electrons. The van der Waals surface area contributed by atoms with Crippen molar-refractivity contribution in [1.29, 1.82) is 0 Å². The van der Waals surface area contributed by atoms with Crippen LogP contribution in [0.25, 0.3) is 11.3 Å². The van der Waals surface area contributed by atoms with E-state index >= 15 is 4.39 Å². The molecule has 7 rings (SSSR count). The van der Waals surface area contributed by atoms with Crippen molar-refractivity contribution in [2.75, 3.05) is 40.8 Å². The summed E-state index contributed by atoms with van der Waals surface area (Å²) in [5.74, 6) is -3.30. The van der Waals surface area contributed by atoms with Crippen molar-refractivity contribution < 1.29 is 33.4 Å². The first kappa shape index (κ1) is 48.3. The van der Waals surface area contributed by atoms with Crippen molar-refractivity contribution in [1.82, 2.24) is 29.2 Å². The third-order valence-electron chi connectivity index (χ3n) is 13.1. The second-order valence-corrected chi connectivity index (χ2v) is 18.8. The number of amides is 3. The number of carbonyl (C=O) groups excluding carboxylic acids is 4. The van der Waals surface area contributed by atoms with Gasteiger partial charge in [0.2, 0.25) is 17.7 Å². The highest BCUT2D eigenvalue weighted by Crippen LogP contribution is 2.37. The van der Waals surface area contributed by atoms with Crippen LogP contribution in [0, 0.1) is 17.7 Å². The van der Waals surface area contributed by atoms with Gasteiger partial charge in [-0.15, -0.1) is 0 Å². The van der Waals surface area contributed by atoms with Crippen LogP contribution in [-0.4, -0.2) is 110 Å². The van der Waals surface area contributed by atoms with Crippen LogP contribution in [0.15, 0.2) is 97.2 Å². The summed E-state index contributed by atoms with van der Waals surface area (Å²) < 4.78 is 24.6. The molecule has 5 aromatic rings. The second kappa shape index (κ2) is 20.9. The lowest BCUT2D eigenvalue weighted by Gasteiger charge is -2.50. The van der Waals surface area contributed by atoms with Gasteiger partial charge in [-0.25, -0.2) is 9.37 Å². The first-order valence-corrected chi connectivity index (χ1v) is 23.0. The molecule has 348 valence electrons. The number of Topliss-reactive ketones (excluding diaryl/α,β-unsaturated/α-hetero) is 1. The van der Waals surface area contributed by atoms with E-state index in [9.17, 15) is 24.3 Å². The lowest BCUT2D eigenvalue weighted by atomic mass is 9.80. The normalized spacial score (nSPS) is 21.1. The van der Waals surface area contributed by atoms with Gasteiger partial charge in [0.05, 0.1) is 55.0 Å². The van der Waals surface area contributed by atoms with Crippen molar-refractivity contribution in [2.45, 2.75) is 70.1 Å². The molecule has 0 unspecified atom stereocenters. The number of nitrogens with zero attached hydrogens (tertiary/aromatic N) is 6. The van der Waals surface area contributed by atoms with Gasteiger partial charge in [-0.05, 0) is 106 Å². The summed E-state index contributed by atoms with van der Waals surface area (Å²) in [5.41, 5.74) is 2.58. The molecule has 3 heterocycles. The number of imidazole rings is 1. The fourth-order valence-corrected chi connectivity index (χ4v) is 9.60. The van der Waals surface area contributed by atoms with Crippen LogP contribution in [0.5, 0.6) is 11.5 Å². The molecule has 1 N–H and O–H groups in total. The Morgan fingerprint density at radius 2 is 1.59 bits per heavy atom. The molecule has 2 fully saturated rings. The molecule has 0 aliphatic carbocycles. The summed E-state index contributed by atoms with van der Waals surface area (Å²) in [6.45, 7) is 1.70. The van der Waals surface area contributed by atoms with Gasteiger partial charge in [0.1, 0.15) is 23.1 Å². The smallest absolute Gasteiger partial charge is 0.228 e. The molecule has 66 heavy (non-hydrogen) atoms. The number of halogens is 3. The minimum Gasteiger partial charge on any atom is -0.457 e.